The number of quaternary nitrogens is 1. The summed E-state index contributed by atoms with van der Waals surface area (Å²) in [5.74, 6) is -0.587. The van der Waals surface area contributed by atoms with Crippen molar-refractivity contribution in [3.8, 4) is 0 Å². The van der Waals surface area contributed by atoms with Crippen LogP contribution in [0.25, 0.3) is 0 Å². The van der Waals surface area contributed by atoms with Crippen LogP contribution in [0.3, 0.4) is 0 Å². The lowest BCUT2D eigenvalue weighted by molar-refractivity contribution is -0.870. The summed E-state index contributed by atoms with van der Waals surface area (Å²) in [6, 6.07) is -0.905. The molecule has 0 aromatic rings. The molecule has 0 spiro atoms. The largest absolute Gasteiger partial charge is 0.756 e. The minimum atomic E-state index is -4.70. The number of nitrogens with one attached hydrogen (secondary N) is 1. The molecule has 0 aromatic heterocycles. The SMILES string of the molecule is CC/C=C/C=C/C=C\CCCCCCCC(=O)OC(/C=C/CCCCCCCCCCCC)C(COP(=O)([O-])OCC[N+](C)(C)C)NC(=O)CCCCCCCCC/C=C/C=C/C=C/CC. The van der Waals surface area contributed by atoms with E-state index in [4.69, 9.17) is 13.8 Å². The molecule has 0 saturated carbocycles. The van der Waals surface area contributed by atoms with Crippen molar-refractivity contribution in [2.75, 3.05) is 40.9 Å². The van der Waals surface area contributed by atoms with Crippen LogP contribution in [0.2, 0.25) is 0 Å². The smallest absolute Gasteiger partial charge is 0.306 e. The summed E-state index contributed by atoms with van der Waals surface area (Å²) in [5, 5.41) is 3.00. The monoisotopic (exact) mass is 943 g/mol. The third-order valence-corrected chi connectivity index (χ3v) is 12.2. The first-order valence-electron chi connectivity index (χ1n) is 26.5. The van der Waals surface area contributed by atoms with Crippen LogP contribution in [0.15, 0.2) is 85.1 Å². The molecule has 0 bridgehead atoms. The molecule has 0 radical (unpaired) electrons. The summed E-state index contributed by atoms with van der Waals surface area (Å²) < 4.78 is 30.1. The zero-order chi connectivity index (χ0) is 48.7. The molecule has 3 unspecified atom stereocenters. The van der Waals surface area contributed by atoms with Gasteiger partial charge in [0.1, 0.15) is 19.3 Å². The first-order valence-corrected chi connectivity index (χ1v) is 27.9. The van der Waals surface area contributed by atoms with Gasteiger partial charge in [0, 0.05) is 12.8 Å². The van der Waals surface area contributed by atoms with Crippen LogP contribution in [-0.4, -0.2) is 69.4 Å². The Morgan fingerprint density at radius 1 is 0.545 bits per heavy atom. The van der Waals surface area contributed by atoms with Crippen LogP contribution in [-0.2, 0) is 27.9 Å². The number of hydrogen-bond acceptors (Lipinski definition) is 7. The van der Waals surface area contributed by atoms with Gasteiger partial charge in [0.25, 0.3) is 7.82 Å². The Labute approximate surface area is 406 Å². The maximum absolute atomic E-state index is 13.4. The summed E-state index contributed by atoms with van der Waals surface area (Å²) >= 11 is 0. The topological polar surface area (TPSA) is 114 Å². The highest BCUT2D eigenvalue weighted by Gasteiger charge is 2.27. The van der Waals surface area contributed by atoms with Gasteiger partial charge >= 0.3 is 5.97 Å². The molecule has 0 saturated heterocycles. The van der Waals surface area contributed by atoms with E-state index in [1.807, 2.05) is 39.4 Å². The Morgan fingerprint density at radius 2 is 0.970 bits per heavy atom. The molecule has 380 valence electrons. The predicted octanol–water partition coefficient (Wildman–Crippen LogP) is 14.9. The van der Waals surface area contributed by atoms with E-state index in [1.54, 1.807) is 0 Å². The van der Waals surface area contributed by atoms with Gasteiger partial charge in [-0.25, -0.2) is 0 Å². The maximum atomic E-state index is 13.4. The molecule has 0 aliphatic carbocycles. The van der Waals surface area contributed by atoms with Crippen LogP contribution in [0.1, 0.15) is 207 Å². The Kier molecular flexibility index (Phi) is 44.0. The molecule has 66 heavy (non-hydrogen) atoms. The number of ether oxygens (including phenoxy) is 1. The van der Waals surface area contributed by atoms with E-state index in [2.05, 4.69) is 92.9 Å². The molecule has 0 aliphatic rings. The van der Waals surface area contributed by atoms with Gasteiger partial charge in [-0.1, -0.05) is 209 Å². The van der Waals surface area contributed by atoms with Crippen molar-refractivity contribution in [1.29, 1.82) is 0 Å². The molecule has 0 aromatic carbocycles. The van der Waals surface area contributed by atoms with E-state index in [1.165, 1.54) is 70.6 Å². The van der Waals surface area contributed by atoms with E-state index >= 15 is 0 Å². The number of hydrogen-bond donors (Lipinski definition) is 1. The number of rotatable bonds is 46. The molecule has 0 fully saturated rings. The van der Waals surface area contributed by atoms with E-state index in [-0.39, 0.29) is 24.9 Å². The Bertz CT molecular complexity index is 1410. The lowest BCUT2D eigenvalue weighted by Crippen LogP contribution is -2.47. The number of carbonyl (C=O) groups excluding carboxylic acids is 2. The van der Waals surface area contributed by atoms with Gasteiger partial charge in [-0.2, -0.15) is 0 Å². The highest BCUT2D eigenvalue weighted by atomic mass is 31.2. The summed E-state index contributed by atoms with van der Waals surface area (Å²) in [6.45, 7) is 6.53. The number of likely N-dealkylation sites (N-methyl/N-ethyl adjacent to an activating group) is 1. The van der Waals surface area contributed by atoms with Crippen molar-refractivity contribution in [2.24, 2.45) is 0 Å². The van der Waals surface area contributed by atoms with Crippen LogP contribution >= 0.6 is 7.82 Å². The van der Waals surface area contributed by atoms with Crippen molar-refractivity contribution in [3.05, 3.63) is 85.1 Å². The fourth-order valence-electron chi connectivity index (χ4n) is 7.11. The predicted molar refractivity (Wildman–Crippen MR) is 279 cm³/mol. The number of phosphoric ester groups is 1. The lowest BCUT2D eigenvalue weighted by Gasteiger charge is -2.30. The van der Waals surface area contributed by atoms with Gasteiger partial charge < -0.3 is 28.5 Å². The van der Waals surface area contributed by atoms with E-state index in [0.717, 1.165) is 96.3 Å². The minimum Gasteiger partial charge on any atom is -0.756 e. The average Bonchev–Trinajstić information content (AvgIpc) is 3.27. The van der Waals surface area contributed by atoms with Gasteiger partial charge in [-0.05, 0) is 70.3 Å². The molecule has 0 aliphatic heterocycles. The molecule has 0 heterocycles. The third-order valence-electron chi connectivity index (χ3n) is 11.2. The Hall–Kier alpha value is -2.81. The fourth-order valence-corrected chi connectivity index (χ4v) is 7.83. The second-order valence-corrected chi connectivity index (χ2v) is 20.1. The van der Waals surface area contributed by atoms with E-state index in [0.29, 0.717) is 23.9 Å². The number of amides is 1. The first kappa shape index (κ1) is 63.2. The number of unbranched alkanes of at least 4 members (excludes halogenated alkanes) is 22. The number of allylic oxidation sites excluding steroid dienone is 13. The normalized spacial score (nSPS) is 14.6. The minimum absolute atomic E-state index is 0.0324. The van der Waals surface area contributed by atoms with Crippen LogP contribution in [0, 0.1) is 0 Å². The van der Waals surface area contributed by atoms with Crippen LogP contribution in [0.4, 0.5) is 0 Å². The molecular formula is C56H99N2O7P. The third kappa shape index (κ3) is 46.3. The summed E-state index contributed by atoms with van der Waals surface area (Å²) in [5.41, 5.74) is 0. The highest BCUT2D eigenvalue weighted by molar-refractivity contribution is 7.45. The second kappa shape index (κ2) is 45.9. The van der Waals surface area contributed by atoms with Gasteiger partial charge in [0.2, 0.25) is 5.91 Å². The van der Waals surface area contributed by atoms with E-state index < -0.39 is 26.6 Å². The molecule has 1 amide bonds. The Morgan fingerprint density at radius 3 is 1.44 bits per heavy atom. The van der Waals surface area contributed by atoms with Gasteiger partial charge in [-0.3, -0.25) is 14.2 Å². The summed E-state index contributed by atoms with van der Waals surface area (Å²) in [6.07, 6.45) is 58.3. The van der Waals surface area contributed by atoms with Crippen molar-refractivity contribution in [3.63, 3.8) is 0 Å². The number of nitrogens with zero attached hydrogens (tertiary/aromatic N) is 1. The number of esters is 1. The zero-order valence-corrected chi connectivity index (χ0v) is 44.0. The molecule has 10 heteroatoms. The maximum Gasteiger partial charge on any atom is 0.306 e. The standard InChI is InChI=1S/C56H99N2O7P/c1-7-10-13-16-19-22-25-28-29-31-33-36-39-42-45-48-55(59)57-53(52-64-66(61,62)63-51-50-58(4,5)6)54(47-44-41-38-35-32-27-24-21-18-15-12-9-3)65-56(60)49-46-43-40-37-34-30-26-23-20-17-14-11-8-2/h10-11,13-14,16-17,19-20,22-23,25-26,44,47,53-54H,7-9,12,15,18,21,24,27-43,45-46,48-52H2,1-6H3,(H-,57,59,61,62)/b13-10+,14-11+,19-16+,20-17+,25-22+,26-23-,47-44+. The lowest BCUT2D eigenvalue weighted by atomic mass is 10.0. The fraction of sp³-hybridized carbons (Fsp3) is 0.714. The molecule has 0 rings (SSSR count). The summed E-state index contributed by atoms with van der Waals surface area (Å²) in [4.78, 5) is 39.7. The van der Waals surface area contributed by atoms with Crippen molar-refractivity contribution in [2.45, 2.75) is 219 Å². The van der Waals surface area contributed by atoms with Crippen molar-refractivity contribution >= 4 is 19.7 Å². The quantitative estimate of drug-likeness (QED) is 0.0161. The van der Waals surface area contributed by atoms with Gasteiger partial charge in [0.05, 0.1) is 33.8 Å². The molecule has 9 nitrogen and oxygen atoms in total. The molecule has 1 N–H and O–H groups in total. The highest BCUT2D eigenvalue weighted by Crippen LogP contribution is 2.38. The van der Waals surface area contributed by atoms with Crippen LogP contribution in [0.5, 0.6) is 0 Å². The van der Waals surface area contributed by atoms with Gasteiger partial charge in [-0.15, -0.1) is 0 Å². The Balaban J connectivity index is 5.47. The van der Waals surface area contributed by atoms with Crippen molar-refractivity contribution < 1.29 is 37.3 Å². The second-order valence-electron chi connectivity index (χ2n) is 18.7. The van der Waals surface area contributed by atoms with Crippen LogP contribution < -0.4 is 10.2 Å². The van der Waals surface area contributed by atoms with E-state index in [9.17, 15) is 19.0 Å². The van der Waals surface area contributed by atoms with Gasteiger partial charge in [0.15, 0.2) is 0 Å². The molecule has 3 atom stereocenters. The first-order chi connectivity index (χ1) is 31.9. The molecular weight excluding hydrogens is 844 g/mol. The summed E-state index contributed by atoms with van der Waals surface area (Å²) in [7, 11) is 1.15. The van der Waals surface area contributed by atoms with Crippen molar-refractivity contribution in [1.82, 2.24) is 5.32 Å². The zero-order valence-electron chi connectivity index (χ0n) is 43.1. The number of carbonyl (C=O) groups is 2. The average molecular weight is 943 g/mol. The number of phosphoric acid groups is 1.